The summed E-state index contributed by atoms with van der Waals surface area (Å²) in [5.41, 5.74) is 0. The van der Waals surface area contributed by atoms with Crippen molar-refractivity contribution in [1.82, 2.24) is 0 Å². The van der Waals surface area contributed by atoms with E-state index in [9.17, 15) is 14.4 Å². The maximum absolute atomic E-state index is 12.8. The Labute approximate surface area is 392 Å². The van der Waals surface area contributed by atoms with Gasteiger partial charge in [0.1, 0.15) is 13.2 Å². The van der Waals surface area contributed by atoms with Gasteiger partial charge in [-0.1, -0.05) is 244 Å². The smallest absolute Gasteiger partial charge is 0.306 e. The maximum atomic E-state index is 12.8. The SMILES string of the molecule is CCCC/C=C\CCCCCCCC(=O)OC[C@H](COC(=O)CCCCCCCCC/C=C\CCCCCCCCCC)OC(=O)CCCCCCCCCCCCCCCCC. The fraction of sp³-hybridized carbons (Fsp3) is 0.877. The van der Waals surface area contributed by atoms with E-state index in [-0.39, 0.29) is 31.1 Å². The monoisotopic (exact) mass is 887 g/mol. The number of esters is 3. The van der Waals surface area contributed by atoms with Gasteiger partial charge in [0, 0.05) is 19.3 Å². The zero-order valence-corrected chi connectivity index (χ0v) is 42.4. The molecule has 0 aromatic carbocycles. The van der Waals surface area contributed by atoms with E-state index >= 15 is 0 Å². The summed E-state index contributed by atoms with van der Waals surface area (Å²) in [6.07, 6.45) is 60.2. The first-order valence-corrected chi connectivity index (χ1v) is 27.8. The van der Waals surface area contributed by atoms with Crippen LogP contribution in [-0.4, -0.2) is 37.2 Å². The summed E-state index contributed by atoms with van der Waals surface area (Å²) in [6.45, 7) is 6.63. The van der Waals surface area contributed by atoms with Gasteiger partial charge in [-0.3, -0.25) is 14.4 Å². The lowest BCUT2D eigenvalue weighted by Gasteiger charge is -2.18. The van der Waals surface area contributed by atoms with Gasteiger partial charge in [-0.05, 0) is 64.2 Å². The van der Waals surface area contributed by atoms with Crippen molar-refractivity contribution in [1.29, 1.82) is 0 Å². The molecule has 0 spiro atoms. The van der Waals surface area contributed by atoms with Crippen molar-refractivity contribution in [3.05, 3.63) is 24.3 Å². The highest BCUT2D eigenvalue weighted by atomic mass is 16.6. The highest BCUT2D eigenvalue weighted by Gasteiger charge is 2.19. The average molecular weight is 887 g/mol. The first kappa shape index (κ1) is 60.9. The van der Waals surface area contributed by atoms with Crippen LogP contribution in [0, 0.1) is 0 Å². The quantitative estimate of drug-likeness (QED) is 0.0262. The van der Waals surface area contributed by atoms with Crippen LogP contribution in [-0.2, 0) is 28.6 Å². The van der Waals surface area contributed by atoms with Crippen LogP contribution >= 0.6 is 0 Å². The standard InChI is InChI=1S/C57H106O6/c1-4-7-10-13-16-19-22-24-26-27-28-29-31-32-35-38-41-44-47-50-56(59)62-53-54(52-61-55(58)49-46-43-40-37-34-21-18-15-12-9-6-3)63-57(60)51-48-45-42-39-36-33-30-25-23-20-17-14-11-8-5-2/h15,18,27-28,54H,4-14,16-17,19-26,29-53H2,1-3H3/b18-15-,28-27-/t54-/m1/s1. The highest BCUT2D eigenvalue weighted by Crippen LogP contribution is 2.16. The third-order valence-corrected chi connectivity index (χ3v) is 12.4. The van der Waals surface area contributed by atoms with Crippen LogP contribution in [0.2, 0.25) is 0 Å². The van der Waals surface area contributed by atoms with Crippen molar-refractivity contribution in [2.75, 3.05) is 13.2 Å². The van der Waals surface area contributed by atoms with E-state index in [4.69, 9.17) is 14.2 Å². The fourth-order valence-corrected chi connectivity index (χ4v) is 8.18. The highest BCUT2D eigenvalue weighted by molar-refractivity contribution is 5.71. The zero-order chi connectivity index (χ0) is 45.8. The first-order chi connectivity index (χ1) is 31.0. The molecule has 0 aromatic rings. The molecule has 0 aromatic heterocycles. The van der Waals surface area contributed by atoms with E-state index in [0.29, 0.717) is 19.3 Å². The second-order valence-corrected chi connectivity index (χ2v) is 18.8. The minimum absolute atomic E-state index is 0.0722. The molecule has 0 aliphatic carbocycles. The Kier molecular flexibility index (Phi) is 50.8. The number of carbonyl (C=O) groups excluding carboxylic acids is 3. The first-order valence-electron chi connectivity index (χ1n) is 27.8. The van der Waals surface area contributed by atoms with Crippen LogP contribution in [0.1, 0.15) is 303 Å². The van der Waals surface area contributed by atoms with E-state index < -0.39 is 6.10 Å². The van der Waals surface area contributed by atoms with Gasteiger partial charge in [0.2, 0.25) is 0 Å². The van der Waals surface area contributed by atoms with E-state index in [0.717, 1.165) is 64.2 Å². The molecule has 6 heteroatoms. The van der Waals surface area contributed by atoms with E-state index in [2.05, 4.69) is 45.1 Å². The summed E-state index contributed by atoms with van der Waals surface area (Å²) >= 11 is 0. The van der Waals surface area contributed by atoms with E-state index in [1.165, 1.54) is 199 Å². The Morgan fingerprint density at radius 2 is 0.540 bits per heavy atom. The van der Waals surface area contributed by atoms with Crippen LogP contribution < -0.4 is 0 Å². The Hall–Kier alpha value is -2.11. The van der Waals surface area contributed by atoms with Gasteiger partial charge >= 0.3 is 17.9 Å². The minimum Gasteiger partial charge on any atom is -0.462 e. The second kappa shape index (κ2) is 52.5. The lowest BCUT2D eigenvalue weighted by molar-refractivity contribution is -0.167. The van der Waals surface area contributed by atoms with Crippen LogP contribution in [0.4, 0.5) is 0 Å². The predicted molar refractivity (Wildman–Crippen MR) is 270 cm³/mol. The molecule has 0 aliphatic heterocycles. The molecule has 63 heavy (non-hydrogen) atoms. The summed E-state index contributed by atoms with van der Waals surface area (Å²) in [4.78, 5) is 38.0. The molecule has 0 N–H and O–H groups in total. The number of hydrogen-bond donors (Lipinski definition) is 0. The van der Waals surface area contributed by atoms with Crippen molar-refractivity contribution in [2.45, 2.75) is 309 Å². The Morgan fingerprint density at radius 3 is 0.841 bits per heavy atom. The van der Waals surface area contributed by atoms with Gasteiger partial charge < -0.3 is 14.2 Å². The number of rotatable bonds is 51. The van der Waals surface area contributed by atoms with Crippen molar-refractivity contribution in [3.63, 3.8) is 0 Å². The molecule has 370 valence electrons. The largest absolute Gasteiger partial charge is 0.462 e. The summed E-state index contributed by atoms with van der Waals surface area (Å²) in [6, 6.07) is 0. The molecular formula is C57H106O6. The molecule has 0 amide bonds. The number of carbonyl (C=O) groups is 3. The average Bonchev–Trinajstić information content (AvgIpc) is 3.28. The van der Waals surface area contributed by atoms with Crippen LogP contribution in [0.15, 0.2) is 24.3 Å². The van der Waals surface area contributed by atoms with Crippen molar-refractivity contribution in [3.8, 4) is 0 Å². The molecule has 0 fully saturated rings. The lowest BCUT2D eigenvalue weighted by Crippen LogP contribution is -2.30. The lowest BCUT2D eigenvalue weighted by atomic mass is 10.0. The minimum atomic E-state index is -0.771. The van der Waals surface area contributed by atoms with Crippen LogP contribution in [0.25, 0.3) is 0 Å². The molecular weight excluding hydrogens is 781 g/mol. The molecule has 6 nitrogen and oxygen atoms in total. The third-order valence-electron chi connectivity index (χ3n) is 12.4. The fourth-order valence-electron chi connectivity index (χ4n) is 8.18. The molecule has 0 aliphatic rings. The molecule has 1 atom stereocenters. The van der Waals surface area contributed by atoms with Gasteiger partial charge in [0.15, 0.2) is 6.10 Å². The summed E-state index contributed by atoms with van der Waals surface area (Å²) < 4.78 is 16.8. The van der Waals surface area contributed by atoms with E-state index in [1.807, 2.05) is 0 Å². The van der Waals surface area contributed by atoms with Gasteiger partial charge in [-0.15, -0.1) is 0 Å². The summed E-state index contributed by atoms with van der Waals surface area (Å²) in [5, 5.41) is 0. The van der Waals surface area contributed by atoms with Crippen LogP contribution in [0.3, 0.4) is 0 Å². The third kappa shape index (κ3) is 50.7. The topological polar surface area (TPSA) is 78.9 Å². The van der Waals surface area contributed by atoms with Crippen molar-refractivity contribution >= 4 is 17.9 Å². The summed E-state index contributed by atoms with van der Waals surface area (Å²) in [7, 11) is 0. The molecule has 0 heterocycles. The predicted octanol–water partition coefficient (Wildman–Crippen LogP) is 18.3. The van der Waals surface area contributed by atoms with Gasteiger partial charge in [0.05, 0.1) is 0 Å². The van der Waals surface area contributed by atoms with Gasteiger partial charge in [0.25, 0.3) is 0 Å². The molecule has 0 saturated heterocycles. The van der Waals surface area contributed by atoms with Gasteiger partial charge in [-0.2, -0.15) is 0 Å². The number of ether oxygens (including phenoxy) is 3. The molecule has 0 rings (SSSR count). The maximum Gasteiger partial charge on any atom is 0.306 e. The number of allylic oxidation sites excluding steroid dienone is 4. The van der Waals surface area contributed by atoms with Crippen molar-refractivity contribution < 1.29 is 28.6 Å². The Morgan fingerprint density at radius 1 is 0.302 bits per heavy atom. The number of hydrogen-bond acceptors (Lipinski definition) is 6. The molecule has 0 bridgehead atoms. The van der Waals surface area contributed by atoms with Crippen LogP contribution in [0.5, 0.6) is 0 Å². The Bertz CT molecular complexity index is 1020. The molecule has 0 unspecified atom stereocenters. The normalized spacial score (nSPS) is 12.1. The van der Waals surface area contributed by atoms with Crippen molar-refractivity contribution in [2.24, 2.45) is 0 Å². The zero-order valence-electron chi connectivity index (χ0n) is 42.4. The molecule has 0 radical (unpaired) electrons. The number of unbranched alkanes of at least 4 members (excludes halogenated alkanes) is 36. The second-order valence-electron chi connectivity index (χ2n) is 18.8. The van der Waals surface area contributed by atoms with E-state index in [1.54, 1.807) is 0 Å². The summed E-state index contributed by atoms with van der Waals surface area (Å²) in [5.74, 6) is -0.869. The molecule has 0 saturated carbocycles. The Balaban J connectivity index is 4.29. The van der Waals surface area contributed by atoms with Gasteiger partial charge in [-0.25, -0.2) is 0 Å².